The third-order valence-corrected chi connectivity index (χ3v) is 5.10. The quantitative estimate of drug-likeness (QED) is 0.788. The summed E-state index contributed by atoms with van der Waals surface area (Å²) >= 11 is 0. The summed E-state index contributed by atoms with van der Waals surface area (Å²) in [6, 6.07) is 0. The molecular formula is C17H22F3N3O. The van der Waals surface area contributed by atoms with Gasteiger partial charge >= 0.3 is 6.18 Å². The Hall–Kier alpha value is -1.66. The average Bonchev–Trinajstić information content (AvgIpc) is 2.53. The van der Waals surface area contributed by atoms with Crippen molar-refractivity contribution in [2.24, 2.45) is 11.8 Å². The molecule has 0 N–H and O–H groups in total. The number of hydrogen-bond donors (Lipinski definition) is 0. The number of hydrogen-bond acceptors (Lipinski definition) is 3. The Morgan fingerprint density at radius 1 is 1.17 bits per heavy atom. The van der Waals surface area contributed by atoms with E-state index in [9.17, 15) is 18.0 Å². The van der Waals surface area contributed by atoms with E-state index in [1.54, 1.807) is 0 Å². The molecule has 132 valence electrons. The fourth-order valence-corrected chi connectivity index (χ4v) is 3.67. The van der Waals surface area contributed by atoms with Crippen LogP contribution in [-0.2, 0) is 23.8 Å². The second kappa shape index (κ2) is 6.33. The van der Waals surface area contributed by atoms with Crippen molar-refractivity contribution in [1.29, 1.82) is 0 Å². The molecule has 1 fully saturated rings. The van der Waals surface area contributed by atoms with Crippen LogP contribution in [0.3, 0.4) is 0 Å². The zero-order valence-corrected chi connectivity index (χ0v) is 14.0. The Kier molecular flexibility index (Phi) is 4.53. The number of rotatable bonds is 1. The molecule has 0 bridgehead atoms. The summed E-state index contributed by atoms with van der Waals surface area (Å²) in [6.45, 7) is 5.05. The summed E-state index contributed by atoms with van der Waals surface area (Å²) in [7, 11) is 0. The van der Waals surface area contributed by atoms with Crippen LogP contribution in [0.15, 0.2) is 0 Å². The van der Waals surface area contributed by atoms with Crippen molar-refractivity contribution in [2.75, 3.05) is 13.1 Å². The van der Waals surface area contributed by atoms with Crippen LogP contribution in [0.5, 0.6) is 0 Å². The highest BCUT2D eigenvalue weighted by Crippen LogP contribution is 2.36. The largest absolute Gasteiger partial charge is 0.433 e. The van der Waals surface area contributed by atoms with Gasteiger partial charge in [-0.1, -0.05) is 6.92 Å². The van der Waals surface area contributed by atoms with Crippen LogP contribution >= 0.6 is 0 Å². The van der Waals surface area contributed by atoms with Gasteiger partial charge in [-0.05, 0) is 44.9 Å². The molecule has 2 aliphatic rings. The SMILES string of the molecule is Cc1nc2c(c(C(F)(F)F)n1)C[C@@H](C(=O)N1CCC(C)CC1)CC2. The number of alkyl halides is 3. The molecule has 0 saturated carbocycles. The molecule has 0 aromatic carbocycles. The van der Waals surface area contributed by atoms with Gasteiger partial charge in [-0.3, -0.25) is 4.79 Å². The summed E-state index contributed by atoms with van der Waals surface area (Å²) in [5.41, 5.74) is -0.302. The predicted molar refractivity (Wildman–Crippen MR) is 82.3 cm³/mol. The first-order valence-corrected chi connectivity index (χ1v) is 8.48. The van der Waals surface area contributed by atoms with Gasteiger partial charge in [-0.25, -0.2) is 9.97 Å². The minimum absolute atomic E-state index is 0.0127. The van der Waals surface area contributed by atoms with Crippen LogP contribution in [0.25, 0.3) is 0 Å². The predicted octanol–water partition coefficient (Wildman–Crippen LogP) is 3.17. The van der Waals surface area contributed by atoms with Crippen LogP contribution in [0.4, 0.5) is 13.2 Å². The third kappa shape index (κ3) is 3.39. The Balaban J connectivity index is 1.82. The molecule has 1 amide bonds. The first-order valence-electron chi connectivity index (χ1n) is 8.48. The standard InChI is InChI=1S/C17H22F3N3O/c1-10-5-7-23(8-6-10)16(24)12-3-4-14-13(9-12)15(17(18,19)20)22-11(2)21-14/h10,12H,3-9H2,1-2H3/t12-/m0/s1. The van der Waals surface area contributed by atoms with E-state index < -0.39 is 17.8 Å². The maximum atomic E-state index is 13.3. The van der Waals surface area contributed by atoms with E-state index in [0.717, 1.165) is 12.8 Å². The van der Waals surface area contributed by atoms with E-state index >= 15 is 0 Å². The van der Waals surface area contributed by atoms with Crippen molar-refractivity contribution in [3.63, 3.8) is 0 Å². The summed E-state index contributed by atoms with van der Waals surface area (Å²) in [5, 5.41) is 0. The summed E-state index contributed by atoms with van der Waals surface area (Å²) in [5.74, 6) is 0.338. The highest BCUT2D eigenvalue weighted by Gasteiger charge is 2.40. The van der Waals surface area contributed by atoms with Crippen molar-refractivity contribution >= 4 is 5.91 Å². The molecule has 4 nitrogen and oxygen atoms in total. The number of likely N-dealkylation sites (tertiary alicyclic amines) is 1. The molecule has 1 aliphatic carbocycles. The normalized spacial score (nSPS) is 22.4. The van der Waals surface area contributed by atoms with Crippen LogP contribution in [0.2, 0.25) is 0 Å². The van der Waals surface area contributed by atoms with Crippen molar-refractivity contribution < 1.29 is 18.0 Å². The van der Waals surface area contributed by atoms with Crippen molar-refractivity contribution in [3.05, 3.63) is 22.8 Å². The molecule has 3 rings (SSSR count). The Morgan fingerprint density at radius 2 is 1.83 bits per heavy atom. The van der Waals surface area contributed by atoms with E-state index in [0.29, 0.717) is 37.5 Å². The zero-order chi connectivity index (χ0) is 17.5. The van der Waals surface area contributed by atoms with Crippen LogP contribution in [0, 0.1) is 18.8 Å². The van der Waals surface area contributed by atoms with E-state index in [2.05, 4.69) is 16.9 Å². The monoisotopic (exact) mass is 341 g/mol. The molecule has 0 unspecified atom stereocenters. The molecule has 2 heterocycles. The van der Waals surface area contributed by atoms with Crippen LogP contribution in [-0.4, -0.2) is 33.9 Å². The molecular weight excluding hydrogens is 319 g/mol. The van der Waals surface area contributed by atoms with Gasteiger partial charge in [0.15, 0.2) is 5.69 Å². The molecule has 1 atom stereocenters. The lowest BCUT2D eigenvalue weighted by molar-refractivity contribution is -0.143. The minimum Gasteiger partial charge on any atom is -0.342 e. The van der Waals surface area contributed by atoms with Crippen LogP contribution in [0.1, 0.15) is 49.0 Å². The topological polar surface area (TPSA) is 46.1 Å². The van der Waals surface area contributed by atoms with E-state index in [1.165, 1.54) is 6.92 Å². The number of carbonyl (C=O) groups excluding carboxylic acids is 1. The Morgan fingerprint density at radius 3 is 2.46 bits per heavy atom. The molecule has 1 aromatic rings. The molecule has 24 heavy (non-hydrogen) atoms. The van der Waals surface area contributed by atoms with Crippen LogP contribution < -0.4 is 0 Å². The molecule has 0 spiro atoms. The molecule has 7 heteroatoms. The zero-order valence-electron chi connectivity index (χ0n) is 14.0. The van der Waals surface area contributed by atoms with Gasteiger partial charge in [0, 0.05) is 30.3 Å². The average molecular weight is 341 g/mol. The summed E-state index contributed by atoms with van der Waals surface area (Å²) in [4.78, 5) is 22.3. The second-order valence-electron chi connectivity index (χ2n) is 6.99. The number of aryl methyl sites for hydroxylation is 2. The lowest BCUT2D eigenvalue weighted by atomic mass is 9.84. The number of halogens is 3. The number of nitrogens with zero attached hydrogens (tertiary/aromatic N) is 3. The molecule has 0 radical (unpaired) electrons. The lowest BCUT2D eigenvalue weighted by Gasteiger charge is -2.34. The van der Waals surface area contributed by atoms with Gasteiger partial charge in [0.2, 0.25) is 5.91 Å². The minimum atomic E-state index is -4.51. The molecule has 1 aliphatic heterocycles. The number of carbonyl (C=O) groups is 1. The number of aromatic nitrogens is 2. The maximum absolute atomic E-state index is 13.3. The number of fused-ring (bicyclic) bond motifs is 1. The van der Waals surface area contributed by atoms with Gasteiger partial charge in [0.1, 0.15) is 5.82 Å². The number of amides is 1. The fraction of sp³-hybridized carbons (Fsp3) is 0.706. The van der Waals surface area contributed by atoms with Gasteiger partial charge in [0.05, 0.1) is 0 Å². The van der Waals surface area contributed by atoms with E-state index in [1.807, 2.05) is 4.90 Å². The number of piperidine rings is 1. The van der Waals surface area contributed by atoms with Crippen molar-refractivity contribution in [1.82, 2.24) is 14.9 Å². The third-order valence-electron chi connectivity index (χ3n) is 5.10. The van der Waals surface area contributed by atoms with E-state index in [-0.39, 0.29) is 23.7 Å². The fourth-order valence-electron chi connectivity index (χ4n) is 3.67. The van der Waals surface area contributed by atoms with Gasteiger partial charge in [-0.15, -0.1) is 0 Å². The first-order chi connectivity index (χ1) is 11.3. The van der Waals surface area contributed by atoms with E-state index in [4.69, 9.17) is 0 Å². The molecule has 1 aromatic heterocycles. The summed E-state index contributed by atoms with van der Waals surface area (Å²) < 4.78 is 39.9. The summed E-state index contributed by atoms with van der Waals surface area (Å²) in [6.07, 6.45) is -1.52. The highest BCUT2D eigenvalue weighted by molar-refractivity contribution is 5.79. The smallest absolute Gasteiger partial charge is 0.342 e. The van der Waals surface area contributed by atoms with Gasteiger partial charge < -0.3 is 4.90 Å². The second-order valence-corrected chi connectivity index (χ2v) is 6.99. The highest BCUT2D eigenvalue weighted by atomic mass is 19.4. The van der Waals surface area contributed by atoms with Gasteiger partial charge in [0.25, 0.3) is 0 Å². The Labute approximate surface area is 139 Å². The lowest BCUT2D eigenvalue weighted by Crippen LogP contribution is -2.43. The van der Waals surface area contributed by atoms with Gasteiger partial charge in [-0.2, -0.15) is 13.2 Å². The van der Waals surface area contributed by atoms with Crippen molar-refractivity contribution in [2.45, 2.75) is 52.1 Å². The maximum Gasteiger partial charge on any atom is 0.433 e. The van der Waals surface area contributed by atoms with Crippen molar-refractivity contribution in [3.8, 4) is 0 Å². The first kappa shape index (κ1) is 17.2. The molecule has 1 saturated heterocycles. The Bertz CT molecular complexity index is 637.